The summed E-state index contributed by atoms with van der Waals surface area (Å²) in [6.07, 6.45) is 0. The summed E-state index contributed by atoms with van der Waals surface area (Å²) >= 11 is 9.24. The van der Waals surface area contributed by atoms with Crippen LogP contribution in [0.3, 0.4) is 0 Å². The number of hydrogen-bond donors (Lipinski definition) is 1. The van der Waals surface area contributed by atoms with Crippen LogP contribution in [0.25, 0.3) is 10.2 Å². The molecule has 0 atom stereocenters. The smallest absolute Gasteiger partial charge is 0.255 e. The van der Waals surface area contributed by atoms with Gasteiger partial charge < -0.3 is 5.32 Å². The molecule has 3 rings (SSSR count). The molecular formula is C17H15ClN2OS2. The van der Waals surface area contributed by atoms with Crippen molar-refractivity contribution < 1.29 is 4.79 Å². The van der Waals surface area contributed by atoms with Crippen LogP contribution >= 0.6 is 34.7 Å². The van der Waals surface area contributed by atoms with Gasteiger partial charge in [0.2, 0.25) is 0 Å². The molecule has 0 spiro atoms. The fourth-order valence-corrected chi connectivity index (χ4v) is 4.49. The van der Waals surface area contributed by atoms with E-state index >= 15 is 0 Å². The van der Waals surface area contributed by atoms with Gasteiger partial charge in [-0.3, -0.25) is 4.79 Å². The first-order valence-corrected chi connectivity index (χ1v) is 9.23. The lowest BCUT2D eigenvalue weighted by atomic mass is 10.2. The molecule has 6 heteroatoms. The summed E-state index contributed by atoms with van der Waals surface area (Å²) in [5, 5.41) is 4.02. The fourth-order valence-electron chi connectivity index (χ4n) is 2.04. The summed E-state index contributed by atoms with van der Waals surface area (Å²) in [5.74, 6) is -0.151. The number of carbonyl (C=O) groups is 1. The lowest BCUT2D eigenvalue weighted by Gasteiger charge is -2.05. The highest BCUT2D eigenvalue weighted by Crippen LogP contribution is 2.33. The number of aromatic nitrogens is 1. The summed E-state index contributed by atoms with van der Waals surface area (Å²) in [4.78, 5) is 16.8. The van der Waals surface area contributed by atoms with Gasteiger partial charge in [0.1, 0.15) is 0 Å². The van der Waals surface area contributed by atoms with Gasteiger partial charge in [-0.15, -0.1) is 11.3 Å². The highest BCUT2D eigenvalue weighted by atomic mass is 35.5. The van der Waals surface area contributed by atoms with Crippen LogP contribution in [0.2, 0.25) is 5.02 Å². The number of hydrogen-bond acceptors (Lipinski definition) is 4. The largest absolute Gasteiger partial charge is 0.322 e. The van der Waals surface area contributed by atoms with E-state index in [-0.39, 0.29) is 5.91 Å². The Bertz CT molecular complexity index is 843. The zero-order valence-corrected chi connectivity index (χ0v) is 15.1. The minimum absolute atomic E-state index is 0.151. The first-order valence-electron chi connectivity index (χ1n) is 7.15. The third kappa shape index (κ3) is 4.05. The van der Waals surface area contributed by atoms with E-state index in [2.05, 4.69) is 24.1 Å². The topological polar surface area (TPSA) is 42.0 Å². The zero-order chi connectivity index (χ0) is 16.4. The second-order valence-corrected chi connectivity index (χ2v) is 8.58. The van der Waals surface area contributed by atoms with E-state index in [9.17, 15) is 4.79 Å². The van der Waals surface area contributed by atoms with Crippen molar-refractivity contribution in [3.8, 4) is 0 Å². The molecule has 118 valence electrons. The van der Waals surface area contributed by atoms with Crippen LogP contribution in [0.5, 0.6) is 0 Å². The van der Waals surface area contributed by atoms with Gasteiger partial charge in [-0.25, -0.2) is 4.98 Å². The van der Waals surface area contributed by atoms with E-state index in [0.29, 0.717) is 15.8 Å². The van der Waals surface area contributed by atoms with Crippen molar-refractivity contribution in [3.05, 3.63) is 53.1 Å². The minimum atomic E-state index is -0.151. The molecule has 0 saturated heterocycles. The molecule has 1 N–H and O–H groups in total. The Balaban J connectivity index is 1.80. The number of thiazole rings is 1. The predicted molar refractivity (Wildman–Crippen MR) is 100 cm³/mol. The Labute approximate surface area is 148 Å². The molecule has 3 nitrogen and oxygen atoms in total. The summed E-state index contributed by atoms with van der Waals surface area (Å²) < 4.78 is 2.12. The number of halogens is 1. The molecule has 0 saturated carbocycles. The third-order valence-electron chi connectivity index (χ3n) is 3.07. The molecule has 0 bridgehead atoms. The number of amides is 1. The second kappa shape index (κ2) is 6.91. The van der Waals surface area contributed by atoms with Crippen molar-refractivity contribution in [1.82, 2.24) is 4.98 Å². The molecule has 0 fully saturated rings. The number of carbonyl (C=O) groups excluding carboxylic acids is 1. The van der Waals surface area contributed by atoms with Gasteiger partial charge >= 0.3 is 0 Å². The first kappa shape index (κ1) is 16.3. The number of fused-ring (bicyclic) bond motifs is 1. The lowest BCUT2D eigenvalue weighted by molar-refractivity contribution is 0.102. The SMILES string of the molecule is CC(C)Sc1nc2ccc(NC(=O)c3ccc(Cl)cc3)cc2s1. The van der Waals surface area contributed by atoms with Gasteiger partial charge in [-0.05, 0) is 42.5 Å². The standard InChI is InChI=1S/C17H15ClN2OS2/c1-10(2)22-17-20-14-8-7-13(9-15(14)23-17)19-16(21)11-3-5-12(18)6-4-11/h3-10H,1-2H3,(H,19,21). The van der Waals surface area contributed by atoms with Crippen LogP contribution in [-0.4, -0.2) is 16.1 Å². The average molecular weight is 363 g/mol. The molecule has 23 heavy (non-hydrogen) atoms. The summed E-state index contributed by atoms with van der Waals surface area (Å²) in [6.45, 7) is 4.29. The normalized spacial score (nSPS) is 11.1. The molecule has 0 radical (unpaired) electrons. The quantitative estimate of drug-likeness (QED) is 0.605. The Hall–Kier alpha value is -1.56. The van der Waals surface area contributed by atoms with Crippen molar-refractivity contribution in [3.63, 3.8) is 0 Å². The van der Waals surface area contributed by atoms with E-state index < -0.39 is 0 Å². The van der Waals surface area contributed by atoms with E-state index in [1.54, 1.807) is 47.4 Å². The molecule has 2 aromatic carbocycles. The van der Waals surface area contributed by atoms with Gasteiger partial charge in [0.25, 0.3) is 5.91 Å². The summed E-state index contributed by atoms with van der Waals surface area (Å²) in [5.41, 5.74) is 2.31. The van der Waals surface area contributed by atoms with Crippen LogP contribution < -0.4 is 5.32 Å². The fraction of sp³-hybridized carbons (Fsp3) is 0.176. The van der Waals surface area contributed by atoms with Crippen LogP contribution in [0.4, 0.5) is 5.69 Å². The molecule has 1 aromatic heterocycles. The molecule has 0 aliphatic rings. The highest BCUT2D eigenvalue weighted by molar-refractivity contribution is 8.01. The molecular weight excluding hydrogens is 348 g/mol. The van der Waals surface area contributed by atoms with E-state index in [1.807, 2.05) is 18.2 Å². The summed E-state index contributed by atoms with van der Waals surface area (Å²) in [7, 11) is 0. The average Bonchev–Trinajstić information content (AvgIpc) is 2.88. The number of rotatable bonds is 4. The molecule has 0 unspecified atom stereocenters. The van der Waals surface area contributed by atoms with Crippen molar-refractivity contribution in [2.24, 2.45) is 0 Å². The molecule has 3 aromatic rings. The van der Waals surface area contributed by atoms with E-state index in [0.717, 1.165) is 20.2 Å². The van der Waals surface area contributed by atoms with Crippen molar-refractivity contribution in [2.75, 3.05) is 5.32 Å². The monoisotopic (exact) mass is 362 g/mol. The molecule has 1 amide bonds. The van der Waals surface area contributed by atoms with Gasteiger partial charge in [-0.2, -0.15) is 0 Å². The van der Waals surface area contributed by atoms with Crippen molar-refractivity contribution in [2.45, 2.75) is 23.4 Å². The summed E-state index contributed by atoms with van der Waals surface area (Å²) in [6, 6.07) is 12.6. The van der Waals surface area contributed by atoms with Crippen LogP contribution in [0.1, 0.15) is 24.2 Å². The van der Waals surface area contributed by atoms with Crippen molar-refractivity contribution >= 4 is 56.5 Å². The second-order valence-electron chi connectivity index (χ2n) is 5.29. The Morgan fingerprint density at radius 1 is 1.22 bits per heavy atom. The van der Waals surface area contributed by atoms with E-state index in [1.165, 1.54) is 0 Å². The maximum absolute atomic E-state index is 12.2. The van der Waals surface area contributed by atoms with E-state index in [4.69, 9.17) is 11.6 Å². The maximum atomic E-state index is 12.2. The lowest BCUT2D eigenvalue weighted by Crippen LogP contribution is -2.11. The molecule has 0 aliphatic carbocycles. The van der Waals surface area contributed by atoms with Crippen LogP contribution in [0.15, 0.2) is 46.8 Å². The number of nitrogens with one attached hydrogen (secondary N) is 1. The number of anilines is 1. The number of nitrogens with zero attached hydrogens (tertiary/aromatic N) is 1. The molecule has 0 aliphatic heterocycles. The Morgan fingerprint density at radius 2 is 1.96 bits per heavy atom. The van der Waals surface area contributed by atoms with Crippen LogP contribution in [0, 0.1) is 0 Å². The van der Waals surface area contributed by atoms with Crippen LogP contribution in [-0.2, 0) is 0 Å². The Kier molecular flexibility index (Phi) is 4.90. The number of thioether (sulfide) groups is 1. The van der Waals surface area contributed by atoms with Gasteiger partial charge in [0.15, 0.2) is 4.34 Å². The first-order chi connectivity index (χ1) is 11.0. The van der Waals surface area contributed by atoms with Gasteiger partial charge in [0, 0.05) is 21.5 Å². The van der Waals surface area contributed by atoms with Gasteiger partial charge in [-0.1, -0.05) is 37.2 Å². The predicted octanol–water partition coefficient (Wildman–Crippen LogP) is 5.70. The zero-order valence-electron chi connectivity index (χ0n) is 12.7. The van der Waals surface area contributed by atoms with Crippen molar-refractivity contribution in [1.29, 1.82) is 0 Å². The highest BCUT2D eigenvalue weighted by Gasteiger charge is 2.09. The molecule has 1 heterocycles. The Morgan fingerprint density at radius 3 is 2.65 bits per heavy atom. The number of benzene rings is 2. The third-order valence-corrected chi connectivity index (χ3v) is 5.44. The van der Waals surface area contributed by atoms with Gasteiger partial charge in [0.05, 0.1) is 10.2 Å². The maximum Gasteiger partial charge on any atom is 0.255 e. The minimum Gasteiger partial charge on any atom is -0.322 e.